The number of carbonyl (C=O) groups is 2. The van der Waals surface area contributed by atoms with Crippen LogP contribution in [0.25, 0.3) is 0 Å². The first-order valence-electron chi connectivity index (χ1n) is 4.17. The molecule has 0 aliphatic heterocycles. The third-order valence-corrected chi connectivity index (χ3v) is 0.842. The van der Waals surface area contributed by atoms with Gasteiger partial charge in [-0.15, -0.1) is 0 Å². The van der Waals surface area contributed by atoms with Crippen molar-refractivity contribution in [3.05, 3.63) is 0 Å². The minimum absolute atomic E-state index is 0.341. The maximum atomic E-state index is 10.7. The maximum Gasteiger partial charge on any atom is 0.550 e. The van der Waals surface area contributed by atoms with E-state index in [1.807, 2.05) is 0 Å². The van der Waals surface area contributed by atoms with Gasteiger partial charge < -0.3 is 9.47 Å². The van der Waals surface area contributed by atoms with Gasteiger partial charge in [-0.2, -0.15) is 19.4 Å². The minimum Gasteiger partial charge on any atom is -0.429 e. The van der Waals surface area contributed by atoms with Gasteiger partial charge in [0, 0.05) is 0 Å². The van der Waals surface area contributed by atoms with Crippen LogP contribution < -0.4 is 0 Å². The van der Waals surface area contributed by atoms with Crippen molar-refractivity contribution in [2.45, 2.75) is 39.9 Å². The molecule has 0 fully saturated rings. The van der Waals surface area contributed by atoms with E-state index in [0.29, 0.717) is 0 Å². The molecule has 0 unspecified atom stereocenters. The molecule has 0 aliphatic rings. The Bertz CT molecular complexity index is 176. The van der Waals surface area contributed by atoms with Crippen LogP contribution in [0.5, 0.6) is 0 Å². The molecule has 0 radical (unpaired) electrons. The van der Waals surface area contributed by atoms with Crippen LogP contribution in [0, 0.1) is 0 Å². The molecule has 0 heterocycles. The normalized spacial score (nSPS) is 9.86. The molecule has 0 aromatic rings. The van der Waals surface area contributed by atoms with Gasteiger partial charge in [-0.1, -0.05) is 0 Å². The average molecular weight is 206 g/mol. The molecule has 0 aromatic carbocycles. The zero-order chi connectivity index (χ0) is 11.1. The first-order chi connectivity index (χ1) is 6.41. The lowest BCUT2D eigenvalue weighted by Gasteiger charge is -2.08. The van der Waals surface area contributed by atoms with Gasteiger partial charge in [0.2, 0.25) is 0 Å². The molecular formula is C8H14O6. The second-order valence-corrected chi connectivity index (χ2v) is 3.00. The Balaban J connectivity index is 3.61. The predicted octanol–water partition coefficient (Wildman–Crippen LogP) is 2.02. The average Bonchev–Trinajstić information content (AvgIpc) is 1.98. The van der Waals surface area contributed by atoms with Crippen molar-refractivity contribution in [3.8, 4) is 0 Å². The fraction of sp³-hybridized carbons (Fsp3) is 0.750. The van der Waals surface area contributed by atoms with E-state index in [4.69, 9.17) is 0 Å². The minimum atomic E-state index is -1.08. The molecule has 0 bridgehead atoms. The Morgan fingerprint density at radius 1 is 0.786 bits per heavy atom. The van der Waals surface area contributed by atoms with E-state index >= 15 is 0 Å². The van der Waals surface area contributed by atoms with E-state index in [2.05, 4.69) is 19.2 Å². The number of hydrogen-bond acceptors (Lipinski definition) is 6. The molecule has 0 spiro atoms. The van der Waals surface area contributed by atoms with Crippen LogP contribution in [0.4, 0.5) is 9.59 Å². The van der Waals surface area contributed by atoms with Gasteiger partial charge in [-0.25, -0.2) is 0 Å². The van der Waals surface area contributed by atoms with Gasteiger partial charge in [0.25, 0.3) is 0 Å². The molecule has 82 valence electrons. The third kappa shape index (κ3) is 7.20. The van der Waals surface area contributed by atoms with Crippen LogP contribution in [-0.4, -0.2) is 24.5 Å². The lowest BCUT2D eigenvalue weighted by Crippen LogP contribution is -2.18. The lowest BCUT2D eigenvalue weighted by molar-refractivity contribution is -0.222. The van der Waals surface area contributed by atoms with Crippen molar-refractivity contribution in [3.63, 3.8) is 0 Å². The SMILES string of the molecule is CC(C)OC(=O)OOC(=O)OC(C)C. The van der Waals surface area contributed by atoms with Crippen molar-refractivity contribution in [1.82, 2.24) is 0 Å². The number of hydrogen-bond donors (Lipinski definition) is 0. The predicted molar refractivity (Wildman–Crippen MR) is 45.4 cm³/mol. The van der Waals surface area contributed by atoms with Crippen LogP contribution in [-0.2, 0) is 19.2 Å². The highest BCUT2D eigenvalue weighted by Gasteiger charge is 2.13. The van der Waals surface area contributed by atoms with Crippen LogP contribution in [0.1, 0.15) is 27.7 Å². The molecule has 0 saturated heterocycles. The maximum absolute atomic E-state index is 10.7. The number of ether oxygens (including phenoxy) is 2. The smallest absolute Gasteiger partial charge is 0.429 e. The molecule has 6 nitrogen and oxygen atoms in total. The summed E-state index contributed by atoms with van der Waals surface area (Å²) in [6, 6.07) is 0. The summed E-state index contributed by atoms with van der Waals surface area (Å²) in [5.74, 6) is 0. The Kier molecular flexibility index (Phi) is 5.43. The van der Waals surface area contributed by atoms with Crippen molar-refractivity contribution < 1.29 is 28.8 Å². The Hall–Kier alpha value is -1.46. The summed E-state index contributed by atoms with van der Waals surface area (Å²) in [4.78, 5) is 29.3. The van der Waals surface area contributed by atoms with E-state index in [0.717, 1.165) is 0 Å². The lowest BCUT2D eigenvalue weighted by atomic mass is 10.5. The first kappa shape index (κ1) is 12.5. The Morgan fingerprint density at radius 2 is 1.07 bits per heavy atom. The Labute approximate surface area is 82.0 Å². The van der Waals surface area contributed by atoms with E-state index < -0.39 is 12.3 Å². The molecule has 0 saturated carbocycles. The second kappa shape index (κ2) is 6.06. The van der Waals surface area contributed by atoms with Crippen molar-refractivity contribution in [2.75, 3.05) is 0 Å². The molecule has 6 heteroatoms. The highest BCUT2D eigenvalue weighted by atomic mass is 17.3. The van der Waals surface area contributed by atoms with E-state index in [-0.39, 0.29) is 12.2 Å². The fourth-order valence-corrected chi connectivity index (χ4v) is 0.492. The molecule has 0 amide bonds. The monoisotopic (exact) mass is 206 g/mol. The molecule has 0 rings (SSSR count). The van der Waals surface area contributed by atoms with Gasteiger partial charge in [0.1, 0.15) is 0 Å². The molecule has 14 heavy (non-hydrogen) atoms. The zero-order valence-corrected chi connectivity index (χ0v) is 8.60. The summed E-state index contributed by atoms with van der Waals surface area (Å²) < 4.78 is 9.02. The number of carbonyl (C=O) groups excluding carboxylic acids is 2. The van der Waals surface area contributed by atoms with E-state index in [9.17, 15) is 9.59 Å². The highest BCUT2D eigenvalue weighted by molar-refractivity contribution is 5.63. The van der Waals surface area contributed by atoms with Crippen molar-refractivity contribution in [2.24, 2.45) is 0 Å². The Morgan fingerprint density at radius 3 is 1.29 bits per heavy atom. The van der Waals surface area contributed by atoms with Crippen LogP contribution in [0.3, 0.4) is 0 Å². The zero-order valence-electron chi connectivity index (χ0n) is 8.60. The second-order valence-electron chi connectivity index (χ2n) is 3.00. The molecule has 0 N–H and O–H groups in total. The topological polar surface area (TPSA) is 71.1 Å². The summed E-state index contributed by atoms with van der Waals surface area (Å²) >= 11 is 0. The standard InChI is InChI=1S/C8H14O6/c1-5(2)11-7(9)13-14-8(10)12-6(3)4/h5-6H,1-4H3. The van der Waals surface area contributed by atoms with Gasteiger partial charge >= 0.3 is 12.3 Å². The summed E-state index contributed by atoms with van der Waals surface area (Å²) in [5.41, 5.74) is 0. The fourth-order valence-electron chi connectivity index (χ4n) is 0.492. The van der Waals surface area contributed by atoms with Crippen molar-refractivity contribution >= 4 is 12.3 Å². The number of rotatable bonds is 2. The highest BCUT2D eigenvalue weighted by Crippen LogP contribution is 1.97. The molecule has 0 atom stereocenters. The molecule has 0 aromatic heterocycles. The van der Waals surface area contributed by atoms with Crippen LogP contribution >= 0.6 is 0 Å². The summed E-state index contributed by atoms with van der Waals surface area (Å²) in [6.45, 7) is 6.53. The third-order valence-electron chi connectivity index (χ3n) is 0.842. The van der Waals surface area contributed by atoms with Crippen molar-refractivity contribution in [1.29, 1.82) is 0 Å². The molecular weight excluding hydrogens is 192 g/mol. The van der Waals surface area contributed by atoms with Crippen LogP contribution in [0.2, 0.25) is 0 Å². The van der Waals surface area contributed by atoms with Gasteiger partial charge in [-0.05, 0) is 27.7 Å². The summed E-state index contributed by atoms with van der Waals surface area (Å²) in [5, 5.41) is 0. The molecule has 0 aliphatic carbocycles. The van der Waals surface area contributed by atoms with Gasteiger partial charge in [0.15, 0.2) is 0 Å². The van der Waals surface area contributed by atoms with E-state index in [1.165, 1.54) is 0 Å². The summed E-state index contributed by atoms with van der Waals surface area (Å²) in [6.07, 6.45) is -2.85. The van der Waals surface area contributed by atoms with Gasteiger partial charge in [-0.3, -0.25) is 0 Å². The largest absolute Gasteiger partial charge is 0.550 e. The van der Waals surface area contributed by atoms with E-state index in [1.54, 1.807) is 27.7 Å². The summed E-state index contributed by atoms with van der Waals surface area (Å²) in [7, 11) is 0. The first-order valence-corrected chi connectivity index (χ1v) is 4.17. The van der Waals surface area contributed by atoms with Crippen LogP contribution in [0.15, 0.2) is 0 Å². The quantitative estimate of drug-likeness (QED) is 0.391. The van der Waals surface area contributed by atoms with Gasteiger partial charge in [0.05, 0.1) is 12.2 Å².